The fourth-order valence-electron chi connectivity index (χ4n) is 3.90. The molecule has 1 aliphatic rings. The van der Waals surface area contributed by atoms with E-state index in [1.54, 1.807) is 0 Å². The summed E-state index contributed by atoms with van der Waals surface area (Å²) in [7, 11) is 1.03. The molecule has 1 saturated heterocycles. The lowest BCUT2D eigenvalue weighted by Gasteiger charge is -2.32. The van der Waals surface area contributed by atoms with Crippen LogP contribution in [0.2, 0.25) is 0 Å². The number of pyridine rings is 1. The van der Waals surface area contributed by atoms with Gasteiger partial charge in [-0.2, -0.15) is 17.6 Å². The third kappa shape index (κ3) is 4.22. The number of methoxy groups -OCH3 is 1. The van der Waals surface area contributed by atoms with Crippen molar-refractivity contribution in [3.05, 3.63) is 53.4 Å². The van der Waals surface area contributed by atoms with E-state index in [1.807, 2.05) is 0 Å². The van der Waals surface area contributed by atoms with Crippen LogP contribution in [-0.4, -0.2) is 41.8 Å². The summed E-state index contributed by atoms with van der Waals surface area (Å²) in [6.07, 6.45) is -4.37. The molecule has 0 spiro atoms. The van der Waals surface area contributed by atoms with Gasteiger partial charge in [-0.25, -0.2) is 4.39 Å². The van der Waals surface area contributed by atoms with Crippen LogP contribution in [0.15, 0.2) is 30.6 Å². The monoisotopic (exact) mass is 473 g/mol. The van der Waals surface area contributed by atoms with Gasteiger partial charge in [-0.15, -0.1) is 0 Å². The average molecular weight is 473 g/mol. The first kappa shape index (κ1) is 24.4. The molecule has 0 radical (unpaired) electrons. The Hall–Kier alpha value is -3.28. The number of carbonyl (C=O) groups excluding carboxylic acids is 2. The van der Waals surface area contributed by atoms with Crippen LogP contribution >= 0.6 is 0 Å². The van der Waals surface area contributed by atoms with Gasteiger partial charge >= 0.3 is 6.18 Å². The van der Waals surface area contributed by atoms with Gasteiger partial charge in [-0.3, -0.25) is 14.6 Å². The predicted octanol–water partition coefficient (Wildman–Crippen LogP) is 3.55. The minimum atomic E-state index is -4.89. The number of hydrogen-bond donors (Lipinski definition) is 2. The molecule has 7 nitrogen and oxygen atoms in total. The molecule has 2 amide bonds. The lowest BCUT2D eigenvalue weighted by molar-refractivity contribution is -0.272. The normalized spacial score (nSPS) is 25.0. The van der Waals surface area contributed by atoms with Crippen molar-refractivity contribution in [2.75, 3.05) is 12.4 Å². The van der Waals surface area contributed by atoms with Gasteiger partial charge in [0.1, 0.15) is 6.10 Å². The van der Waals surface area contributed by atoms with Crippen LogP contribution in [0.3, 0.4) is 0 Å². The number of ether oxygens (including phenoxy) is 2. The molecule has 1 aromatic heterocycles. The van der Waals surface area contributed by atoms with Crippen LogP contribution < -0.4 is 15.8 Å². The third-order valence-electron chi connectivity index (χ3n) is 5.86. The van der Waals surface area contributed by atoms with E-state index in [0.29, 0.717) is 0 Å². The molecule has 0 unspecified atom stereocenters. The molecule has 1 aromatic carbocycles. The molecule has 0 saturated carbocycles. The maximum Gasteiger partial charge on any atom is 0.417 e. The van der Waals surface area contributed by atoms with Crippen molar-refractivity contribution in [2.24, 2.45) is 11.7 Å². The first-order chi connectivity index (χ1) is 15.3. The van der Waals surface area contributed by atoms with E-state index in [1.165, 1.54) is 13.0 Å². The Labute approximate surface area is 185 Å². The standard InChI is InChI=1S/C21H20F5N3O4/c1-9-14(12-4-5-13(22)15(23)16(12)32-3)17(33-20(9,2)21(24,25)26)19(31)29-11-6-10(18(27)30)7-28-8-11/h4-9,14,17H,1-3H3,(H2,27,30)(H,29,31)/t9-,14-,17+,20+/m0/s1. The summed E-state index contributed by atoms with van der Waals surface area (Å²) in [5, 5.41) is 2.34. The molecule has 3 rings (SSSR count). The second kappa shape index (κ2) is 8.58. The Bertz CT molecular complexity index is 1090. The first-order valence-corrected chi connectivity index (χ1v) is 9.64. The molecular weight excluding hydrogens is 453 g/mol. The maximum absolute atomic E-state index is 14.3. The minimum absolute atomic E-state index is 0.0239. The number of anilines is 1. The van der Waals surface area contributed by atoms with Gasteiger partial charge in [0, 0.05) is 23.6 Å². The van der Waals surface area contributed by atoms with Crippen LogP contribution in [0.4, 0.5) is 27.6 Å². The second-order valence-corrected chi connectivity index (χ2v) is 7.76. The number of carbonyl (C=O) groups is 2. The number of rotatable bonds is 5. The lowest BCUT2D eigenvalue weighted by Crippen LogP contribution is -2.47. The third-order valence-corrected chi connectivity index (χ3v) is 5.86. The smallest absolute Gasteiger partial charge is 0.417 e. The highest BCUT2D eigenvalue weighted by atomic mass is 19.4. The molecule has 0 aliphatic carbocycles. The largest absolute Gasteiger partial charge is 0.493 e. The van der Waals surface area contributed by atoms with Crippen LogP contribution in [-0.2, 0) is 9.53 Å². The van der Waals surface area contributed by atoms with E-state index >= 15 is 0 Å². The highest BCUT2D eigenvalue weighted by Crippen LogP contribution is 2.54. The van der Waals surface area contributed by atoms with E-state index in [4.69, 9.17) is 15.2 Å². The van der Waals surface area contributed by atoms with Crippen LogP contribution in [0, 0.1) is 17.6 Å². The zero-order chi connectivity index (χ0) is 24.7. The number of amides is 2. The number of hydrogen-bond acceptors (Lipinski definition) is 5. The Balaban J connectivity index is 2.07. The Morgan fingerprint density at radius 2 is 1.91 bits per heavy atom. The molecule has 2 heterocycles. The molecule has 3 N–H and O–H groups in total. The zero-order valence-electron chi connectivity index (χ0n) is 17.7. The number of aromatic nitrogens is 1. The van der Waals surface area contributed by atoms with Crippen molar-refractivity contribution in [2.45, 2.75) is 37.6 Å². The second-order valence-electron chi connectivity index (χ2n) is 7.76. The maximum atomic E-state index is 14.3. The van der Waals surface area contributed by atoms with Crippen molar-refractivity contribution in [1.82, 2.24) is 4.98 Å². The molecule has 12 heteroatoms. The van der Waals surface area contributed by atoms with Gasteiger partial charge in [-0.05, 0) is 19.1 Å². The number of benzene rings is 1. The fourth-order valence-corrected chi connectivity index (χ4v) is 3.90. The number of alkyl halides is 3. The summed E-state index contributed by atoms with van der Waals surface area (Å²) >= 11 is 0. The number of nitrogens with one attached hydrogen (secondary N) is 1. The summed E-state index contributed by atoms with van der Waals surface area (Å²) in [5.41, 5.74) is 2.15. The van der Waals surface area contributed by atoms with Crippen LogP contribution in [0.1, 0.15) is 35.7 Å². The number of nitrogens with zero attached hydrogens (tertiary/aromatic N) is 1. The number of halogens is 5. The van der Waals surface area contributed by atoms with E-state index < -0.39 is 58.9 Å². The summed E-state index contributed by atoms with van der Waals surface area (Å²) < 4.78 is 80.0. The molecule has 33 heavy (non-hydrogen) atoms. The minimum Gasteiger partial charge on any atom is -0.493 e. The van der Waals surface area contributed by atoms with Crippen molar-refractivity contribution >= 4 is 17.5 Å². The van der Waals surface area contributed by atoms with Crippen LogP contribution in [0.5, 0.6) is 5.75 Å². The topological polar surface area (TPSA) is 104 Å². The van der Waals surface area contributed by atoms with Gasteiger partial charge in [0.05, 0.1) is 24.6 Å². The van der Waals surface area contributed by atoms with Crippen molar-refractivity contribution in [1.29, 1.82) is 0 Å². The zero-order valence-corrected chi connectivity index (χ0v) is 17.7. The van der Waals surface area contributed by atoms with E-state index in [0.717, 1.165) is 38.6 Å². The average Bonchev–Trinajstić information content (AvgIpc) is 3.02. The van der Waals surface area contributed by atoms with E-state index in [2.05, 4.69) is 10.3 Å². The fraction of sp³-hybridized carbons (Fsp3) is 0.381. The van der Waals surface area contributed by atoms with Crippen molar-refractivity contribution in [3.63, 3.8) is 0 Å². The van der Waals surface area contributed by atoms with Gasteiger partial charge in [0.15, 0.2) is 17.2 Å². The highest BCUT2D eigenvalue weighted by molar-refractivity contribution is 5.97. The van der Waals surface area contributed by atoms with Gasteiger partial charge in [-0.1, -0.05) is 13.0 Å². The highest BCUT2D eigenvalue weighted by Gasteiger charge is 2.65. The molecule has 4 atom stereocenters. The molecular formula is C21H20F5N3O4. The quantitative estimate of drug-likeness (QED) is 0.647. The SMILES string of the molecule is COc1c([C@H]2[C@H](C(=O)Nc3cncc(C(N)=O)c3)O[C@@](C)(C(F)(F)F)[C@H]2C)ccc(F)c1F. The summed E-state index contributed by atoms with van der Waals surface area (Å²) in [6.45, 7) is 1.97. The van der Waals surface area contributed by atoms with E-state index in [-0.39, 0.29) is 16.8 Å². The van der Waals surface area contributed by atoms with Crippen molar-refractivity contribution < 1.29 is 41.0 Å². The van der Waals surface area contributed by atoms with Crippen molar-refractivity contribution in [3.8, 4) is 5.75 Å². The molecule has 1 fully saturated rings. The summed E-state index contributed by atoms with van der Waals surface area (Å²) in [6, 6.07) is 2.97. The Morgan fingerprint density at radius 1 is 1.24 bits per heavy atom. The molecule has 0 bridgehead atoms. The first-order valence-electron chi connectivity index (χ1n) is 9.64. The Kier molecular flexibility index (Phi) is 6.33. The van der Waals surface area contributed by atoms with E-state index in [9.17, 15) is 31.5 Å². The van der Waals surface area contributed by atoms with Gasteiger partial charge in [0.25, 0.3) is 5.91 Å². The number of nitrogens with two attached hydrogens (primary N) is 1. The molecule has 178 valence electrons. The lowest BCUT2D eigenvalue weighted by atomic mass is 9.77. The summed E-state index contributed by atoms with van der Waals surface area (Å²) in [5.74, 6) is -7.92. The Morgan fingerprint density at radius 3 is 2.48 bits per heavy atom. The van der Waals surface area contributed by atoms with Crippen LogP contribution in [0.25, 0.3) is 0 Å². The molecule has 2 aromatic rings. The summed E-state index contributed by atoms with van der Waals surface area (Å²) in [4.78, 5) is 28.1. The molecule has 1 aliphatic heterocycles. The number of primary amides is 1. The van der Waals surface area contributed by atoms with Gasteiger partial charge < -0.3 is 20.5 Å². The predicted molar refractivity (Wildman–Crippen MR) is 106 cm³/mol. The van der Waals surface area contributed by atoms with Gasteiger partial charge in [0.2, 0.25) is 11.7 Å².